The lowest BCUT2D eigenvalue weighted by Crippen LogP contribution is -2.56. The van der Waals surface area contributed by atoms with Crippen molar-refractivity contribution in [2.75, 3.05) is 13.1 Å². The first-order valence-corrected chi connectivity index (χ1v) is 7.64. The van der Waals surface area contributed by atoms with Crippen molar-refractivity contribution in [2.45, 2.75) is 26.4 Å². The van der Waals surface area contributed by atoms with E-state index in [1.165, 1.54) is 5.56 Å². The number of benzene rings is 1. The molecule has 0 radical (unpaired) electrons. The van der Waals surface area contributed by atoms with Crippen LogP contribution in [0.4, 0.5) is 0 Å². The molecule has 22 heavy (non-hydrogen) atoms. The summed E-state index contributed by atoms with van der Waals surface area (Å²) in [6.07, 6.45) is 1.06. The molecule has 1 fully saturated rings. The smallest absolute Gasteiger partial charge is 0.272 e. The molecule has 0 atom stereocenters. The summed E-state index contributed by atoms with van der Waals surface area (Å²) >= 11 is 0. The van der Waals surface area contributed by atoms with Gasteiger partial charge in [-0.05, 0) is 43.2 Å². The molecular formula is C18H20N2O2. The van der Waals surface area contributed by atoms with Gasteiger partial charge in [-0.15, -0.1) is 0 Å². The quantitative estimate of drug-likeness (QED) is 0.871. The Morgan fingerprint density at radius 2 is 2.05 bits per heavy atom. The van der Waals surface area contributed by atoms with Crippen molar-refractivity contribution in [3.8, 4) is 5.75 Å². The molecule has 1 amide bonds. The molecule has 2 heterocycles. The van der Waals surface area contributed by atoms with Gasteiger partial charge in [-0.2, -0.15) is 0 Å². The van der Waals surface area contributed by atoms with Crippen LogP contribution in [0.25, 0.3) is 0 Å². The van der Waals surface area contributed by atoms with Gasteiger partial charge in [0.15, 0.2) is 0 Å². The maximum Gasteiger partial charge on any atom is 0.272 e. The summed E-state index contributed by atoms with van der Waals surface area (Å²) in [5.41, 5.74) is 2.62. The molecule has 0 N–H and O–H groups in total. The number of ether oxygens (including phenoxy) is 1. The van der Waals surface area contributed by atoms with Crippen molar-refractivity contribution in [3.05, 3.63) is 59.4 Å². The Labute approximate surface area is 130 Å². The molecule has 0 spiro atoms. The molecule has 1 aromatic carbocycles. The zero-order valence-corrected chi connectivity index (χ0v) is 13.0. The molecule has 3 rings (SSSR count). The molecular weight excluding hydrogens is 276 g/mol. The van der Waals surface area contributed by atoms with Crippen LogP contribution >= 0.6 is 0 Å². The van der Waals surface area contributed by atoms with E-state index in [0.717, 1.165) is 17.9 Å². The zero-order chi connectivity index (χ0) is 15.5. The second-order valence-electron chi connectivity index (χ2n) is 5.62. The van der Waals surface area contributed by atoms with Crippen LogP contribution in [0.1, 0.15) is 28.7 Å². The van der Waals surface area contributed by atoms with Crippen LogP contribution in [0.15, 0.2) is 42.5 Å². The summed E-state index contributed by atoms with van der Waals surface area (Å²) in [7, 11) is 0. The number of hydrogen-bond acceptors (Lipinski definition) is 3. The first kappa shape index (κ1) is 14.6. The van der Waals surface area contributed by atoms with Crippen molar-refractivity contribution in [3.63, 3.8) is 0 Å². The van der Waals surface area contributed by atoms with Crippen molar-refractivity contribution in [1.82, 2.24) is 9.88 Å². The van der Waals surface area contributed by atoms with Crippen LogP contribution in [-0.4, -0.2) is 35.0 Å². The minimum absolute atomic E-state index is 0.0224. The van der Waals surface area contributed by atoms with E-state index in [4.69, 9.17) is 4.74 Å². The second-order valence-corrected chi connectivity index (χ2v) is 5.62. The van der Waals surface area contributed by atoms with Crippen LogP contribution in [0, 0.1) is 6.92 Å². The minimum Gasteiger partial charge on any atom is -0.487 e. The molecule has 1 saturated heterocycles. The zero-order valence-electron chi connectivity index (χ0n) is 13.0. The molecule has 1 aliphatic rings. The largest absolute Gasteiger partial charge is 0.487 e. The number of aromatic nitrogens is 1. The van der Waals surface area contributed by atoms with E-state index in [9.17, 15) is 4.79 Å². The van der Waals surface area contributed by atoms with Crippen LogP contribution < -0.4 is 4.74 Å². The van der Waals surface area contributed by atoms with E-state index in [-0.39, 0.29) is 12.0 Å². The van der Waals surface area contributed by atoms with Crippen LogP contribution in [0.3, 0.4) is 0 Å². The topological polar surface area (TPSA) is 42.4 Å². The SMILES string of the molecule is CCc1cccc(OC2CN(C(=O)c3cccc(C)n3)C2)c1. The summed E-state index contributed by atoms with van der Waals surface area (Å²) < 4.78 is 5.92. The Morgan fingerprint density at radius 1 is 1.27 bits per heavy atom. The summed E-state index contributed by atoms with van der Waals surface area (Å²) in [5, 5.41) is 0. The highest BCUT2D eigenvalue weighted by Crippen LogP contribution is 2.21. The van der Waals surface area contributed by atoms with Gasteiger partial charge in [-0.1, -0.05) is 25.1 Å². The monoisotopic (exact) mass is 296 g/mol. The van der Waals surface area contributed by atoms with Gasteiger partial charge in [0.1, 0.15) is 17.5 Å². The molecule has 0 aliphatic carbocycles. The summed E-state index contributed by atoms with van der Waals surface area (Å²) in [6, 6.07) is 13.6. The third kappa shape index (κ3) is 3.11. The first-order chi connectivity index (χ1) is 10.7. The van der Waals surface area contributed by atoms with Gasteiger partial charge in [0.05, 0.1) is 13.1 Å². The number of carbonyl (C=O) groups is 1. The molecule has 0 unspecified atom stereocenters. The van der Waals surface area contributed by atoms with Gasteiger partial charge in [-0.25, -0.2) is 4.98 Å². The Kier molecular flexibility index (Phi) is 4.09. The van der Waals surface area contributed by atoms with Crippen molar-refractivity contribution in [2.24, 2.45) is 0 Å². The van der Waals surface area contributed by atoms with Crippen molar-refractivity contribution < 1.29 is 9.53 Å². The molecule has 4 heteroatoms. The standard InChI is InChI=1S/C18H20N2O2/c1-3-14-7-5-8-15(10-14)22-16-11-20(12-16)18(21)17-9-4-6-13(2)19-17/h4-10,16H,3,11-12H2,1-2H3. The molecule has 114 valence electrons. The number of nitrogens with zero attached hydrogens (tertiary/aromatic N) is 2. The van der Waals surface area contributed by atoms with Crippen LogP contribution in [-0.2, 0) is 6.42 Å². The summed E-state index contributed by atoms with van der Waals surface area (Å²) in [5.74, 6) is 0.857. The van der Waals surface area contributed by atoms with E-state index in [1.54, 1.807) is 11.0 Å². The fraction of sp³-hybridized carbons (Fsp3) is 0.333. The Bertz CT molecular complexity index is 678. The molecule has 0 bridgehead atoms. The maximum absolute atomic E-state index is 12.3. The number of rotatable bonds is 4. The van der Waals surface area contributed by atoms with E-state index in [0.29, 0.717) is 18.8 Å². The fourth-order valence-corrected chi connectivity index (χ4v) is 2.53. The van der Waals surface area contributed by atoms with Gasteiger partial charge in [0.25, 0.3) is 5.91 Å². The van der Waals surface area contributed by atoms with Crippen molar-refractivity contribution in [1.29, 1.82) is 0 Å². The second kappa shape index (κ2) is 6.18. The Balaban J connectivity index is 1.56. The average Bonchev–Trinajstić information content (AvgIpc) is 2.50. The molecule has 1 aromatic heterocycles. The minimum atomic E-state index is -0.0224. The maximum atomic E-state index is 12.3. The van der Waals surface area contributed by atoms with Gasteiger partial charge in [-0.3, -0.25) is 4.79 Å². The van der Waals surface area contributed by atoms with E-state index in [1.807, 2.05) is 31.2 Å². The normalized spacial score (nSPS) is 14.5. The highest BCUT2D eigenvalue weighted by molar-refractivity contribution is 5.92. The van der Waals surface area contributed by atoms with Crippen LogP contribution in [0.5, 0.6) is 5.75 Å². The third-order valence-electron chi connectivity index (χ3n) is 3.85. The van der Waals surface area contributed by atoms with Crippen LogP contribution in [0.2, 0.25) is 0 Å². The fourth-order valence-electron chi connectivity index (χ4n) is 2.53. The van der Waals surface area contributed by atoms with Gasteiger partial charge in [0.2, 0.25) is 0 Å². The molecule has 2 aromatic rings. The Hall–Kier alpha value is -2.36. The third-order valence-corrected chi connectivity index (χ3v) is 3.85. The number of hydrogen-bond donors (Lipinski definition) is 0. The van der Waals surface area contributed by atoms with E-state index >= 15 is 0 Å². The van der Waals surface area contributed by atoms with Gasteiger partial charge < -0.3 is 9.64 Å². The molecule has 1 aliphatic heterocycles. The van der Waals surface area contributed by atoms with Gasteiger partial charge >= 0.3 is 0 Å². The predicted octanol–water partition coefficient (Wildman–Crippen LogP) is 2.86. The number of likely N-dealkylation sites (tertiary alicyclic amines) is 1. The first-order valence-electron chi connectivity index (χ1n) is 7.64. The number of carbonyl (C=O) groups excluding carboxylic acids is 1. The summed E-state index contributed by atoms with van der Waals surface area (Å²) in [4.78, 5) is 18.3. The van der Waals surface area contributed by atoms with E-state index < -0.39 is 0 Å². The highest BCUT2D eigenvalue weighted by atomic mass is 16.5. The molecule has 0 saturated carbocycles. The number of pyridine rings is 1. The Morgan fingerprint density at radius 3 is 2.77 bits per heavy atom. The lowest BCUT2D eigenvalue weighted by Gasteiger charge is -2.38. The molecule has 4 nitrogen and oxygen atoms in total. The average molecular weight is 296 g/mol. The highest BCUT2D eigenvalue weighted by Gasteiger charge is 2.33. The lowest BCUT2D eigenvalue weighted by molar-refractivity contribution is 0.0173. The van der Waals surface area contributed by atoms with E-state index in [2.05, 4.69) is 24.0 Å². The number of aryl methyl sites for hydroxylation is 2. The van der Waals surface area contributed by atoms with Crippen molar-refractivity contribution >= 4 is 5.91 Å². The lowest BCUT2D eigenvalue weighted by atomic mass is 10.1. The predicted molar refractivity (Wildman–Crippen MR) is 85.1 cm³/mol. The number of amides is 1. The summed E-state index contributed by atoms with van der Waals surface area (Å²) in [6.45, 7) is 5.24. The van der Waals surface area contributed by atoms with Gasteiger partial charge in [0, 0.05) is 5.69 Å².